The smallest absolute Gasteiger partial charge is 0.360 e. The fourth-order valence-electron chi connectivity index (χ4n) is 1.74. The number of rotatable bonds is 5. The van der Waals surface area contributed by atoms with Gasteiger partial charge in [-0.1, -0.05) is 25.2 Å². The summed E-state index contributed by atoms with van der Waals surface area (Å²) >= 11 is 1.28. The molecule has 0 saturated carbocycles. The van der Waals surface area contributed by atoms with E-state index in [-0.39, 0.29) is 11.8 Å². The van der Waals surface area contributed by atoms with Crippen LogP contribution in [0.2, 0.25) is 0 Å². The summed E-state index contributed by atoms with van der Waals surface area (Å²) in [5.74, 6) is -0.121. The predicted molar refractivity (Wildman–Crippen MR) is 81.0 cm³/mol. The second-order valence-electron chi connectivity index (χ2n) is 5.07. The van der Waals surface area contributed by atoms with E-state index in [2.05, 4.69) is 15.6 Å². The van der Waals surface area contributed by atoms with E-state index in [0.29, 0.717) is 28.4 Å². The number of alkyl halides is 3. The van der Waals surface area contributed by atoms with Crippen LogP contribution >= 0.6 is 11.3 Å². The Morgan fingerprint density at radius 3 is 2.68 bits per heavy atom. The Kier molecular flexibility index (Phi) is 4.90. The summed E-state index contributed by atoms with van der Waals surface area (Å²) in [5, 5.41) is 6.28. The van der Waals surface area contributed by atoms with Crippen LogP contribution in [0.15, 0.2) is 18.2 Å². The summed E-state index contributed by atoms with van der Waals surface area (Å²) in [6, 6.07) is 3.51. The average molecular weight is 331 g/mol. The largest absolute Gasteiger partial charge is 0.416 e. The van der Waals surface area contributed by atoms with Gasteiger partial charge in [-0.15, -0.1) is 0 Å². The third-order valence-electron chi connectivity index (χ3n) is 2.94. The highest BCUT2D eigenvalue weighted by molar-refractivity contribution is 7.22. The molecular weight excluding hydrogens is 315 g/mol. The second-order valence-corrected chi connectivity index (χ2v) is 6.10. The van der Waals surface area contributed by atoms with Gasteiger partial charge < -0.3 is 10.6 Å². The van der Waals surface area contributed by atoms with E-state index in [4.69, 9.17) is 0 Å². The second kappa shape index (κ2) is 6.51. The summed E-state index contributed by atoms with van der Waals surface area (Å²) in [5.41, 5.74) is -0.394. The molecule has 0 radical (unpaired) electrons. The molecule has 1 aromatic carbocycles. The number of amides is 1. The van der Waals surface area contributed by atoms with E-state index in [0.717, 1.165) is 12.1 Å². The van der Waals surface area contributed by atoms with Crippen molar-refractivity contribution in [2.75, 3.05) is 18.4 Å². The van der Waals surface area contributed by atoms with Gasteiger partial charge >= 0.3 is 6.18 Å². The van der Waals surface area contributed by atoms with E-state index in [1.807, 2.05) is 0 Å². The van der Waals surface area contributed by atoms with Gasteiger partial charge in [0.05, 0.1) is 15.8 Å². The number of nitrogens with zero attached hydrogens (tertiary/aromatic N) is 1. The number of carbonyl (C=O) groups excluding carboxylic acids is 1. The van der Waals surface area contributed by atoms with Crippen molar-refractivity contribution in [1.29, 1.82) is 0 Å². The summed E-state index contributed by atoms with van der Waals surface area (Å²) < 4.78 is 38.6. The number of aromatic nitrogens is 1. The molecule has 8 heteroatoms. The number of benzene rings is 1. The number of fused-ring (bicyclic) bond motifs is 1. The summed E-state index contributed by atoms with van der Waals surface area (Å²) in [6.45, 7) is 4.49. The highest BCUT2D eigenvalue weighted by Crippen LogP contribution is 2.33. The van der Waals surface area contributed by atoms with Gasteiger partial charge in [-0.25, -0.2) is 4.98 Å². The number of carbonyl (C=O) groups is 1. The minimum absolute atomic E-state index is 0.0408. The zero-order valence-electron chi connectivity index (χ0n) is 12.1. The molecule has 0 aliphatic carbocycles. The zero-order valence-corrected chi connectivity index (χ0v) is 12.9. The van der Waals surface area contributed by atoms with E-state index in [1.54, 1.807) is 13.8 Å². The van der Waals surface area contributed by atoms with E-state index >= 15 is 0 Å². The lowest BCUT2D eigenvalue weighted by Gasteiger charge is -2.07. The fraction of sp³-hybridized carbons (Fsp3) is 0.429. The molecule has 0 aliphatic heterocycles. The molecule has 0 unspecified atom stereocenters. The quantitative estimate of drug-likeness (QED) is 0.825. The Balaban J connectivity index is 1.97. The maximum absolute atomic E-state index is 12.6. The average Bonchev–Trinajstić information content (AvgIpc) is 2.83. The Morgan fingerprint density at radius 1 is 1.32 bits per heavy atom. The number of halogens is 3. The van der Waals surface area contributed by atoms with Crippen molar-refractivity contribution >= 4 is 32.6 Å². The van der Waals surface area contributed by atoms with Gasteiger partial charge in [-0.3, -0.25) is 4.79 Å². The molecule has 0 aliphatic rings. The van der Waals surface area contributed by atoms with Crippen LogP contribution in [0.3, 0.4) is 0 Å². The molecule has 1 amide bonds. The molecule has 4 nitrogen and oxygen atoms in total. The minimum Gasteiger partial charge on any atom is -0.360 e. The molecule has 1 aromatic heterocycles. The van der Waals surface area contributed by atoms with Crippen molar-refractivity contribution < 1.29 is 18.0 Å². The van der Waals surface area contributed by atoms with Crippen LogP contribution < -0.4 is 10.6 Å². The van der Waals surface area contributed by atoms with E-state index < -0.39 is 11.7 Å². The van der Waals surface area contributed by atoms with Gasteiger partial charge in [0.2, 0.25) is 5.91 Å². The summed E-state index contributed by atoms with van der Waals surface area (Å²) in [4.78, 5) is 15.5. The molecule has 1 heterocycles. The molecule has 2 N–H and O–H groups in total. The Hall–Kier alpha value is -1.83. The Labute approximate surface area is 129 Å². The summed E-state index contributed by atoms with van der Waals surface area (Å²) in [7, 11) is 0. The topological polar surface area (TPSA) is 54.0 Å². The first kappa shape index (κ1) is 16.5. The van der Waals surface area contributed by atoms with E-state index in [9.17, 15) is 18.0 Å². The van der Waals surface area contributed by atoms with Crippen molar-refractivity contribution in [3.63, 3.8) is 0 Å². The molecule has 22 heavy (non-hydrogen) atoms. The Morgan fingerprint density at radius 2 is 2.05 bits per heavy atom. The highest BCUT2D eigenvalue weighted by Gasteiger charge is 2.30. The van der Waals surface area contributed by atoms with Crippen LogP contribution in [0, 0.1) is 5.92 Å². The van der Waals surface area contributed by atoms with Crippen molar-refractivity contribution in [3.8, 4) is 0 Å². The van der Waals surface area contributed by atoms with Gasteiger partial charge in [-0.2, -0.15) is 13.2 Å². The maximum Gasteiger partial charge on any atom is 0.416 e. The highest BCUT2D eigenvalue weighted by atomic mass is 32.1. The number of hydrogen-bond donors (Lipinski definition) is 2. The van der Waals surface area contributed by atoms with E-state index in [1.165, 1.54) is 17.4 Å². The molecule has 0 spiro atoms. The normalized spacial score (nSPS) is 11.9. The lowest BCUT2D eigenvalue weighted by Crippen LogP contribution is -2.31. The van der Waals surface area contributed by atoms with Crippen LogP contribution in [0.5, 0.6) is 0 Å². The fourth-order valence-corrected chi connectivity index (χ4v) is 2.61. The predicted octanol–water partition coefficient (Wildman–Crippen LogP) is 3.50. The number of nitrogens with one attached hydrogen (secondary N) is 2. The molecular formula is C14H16F3N3OS. The minimum atomic E-state index is -4.37. The first-order valence-electron chi connectivity index (χ1n) is 6.77. The number of anilines is 1. The van der Waals surface area contributed by atoms with Gasteiger partial charge in [0.1, 0.15) is 0 Å². The first-order valence-corrected chi connectivity index (χ1v) is 7.58. The number of hydrogen-bond acceptors (Lipinski definition) is 4. The zero-order chi connectivity index (χ0) is 16.3. The van der Waals surface area contributed by atoms with Crippen LogP contribution in [-0.4, -0.2) is 24.0 Å². The van der Waals surface area contributed by atoms with Crippen LogP contribution in [0.4, 0.5) is 18.3 Å². The lowest BCUT2D eigenvalue weighted by molar-refractivity contribution is -0.137. The third-order valence-corrected chi connectivity index (χ3v) is 3.93. The van der Waals surface area contributed by atoms with Crippen molar-refractivity contribution in [2.24, 2.45) is 5.92 Å². The molecule has 0 fully saturated rings. The molecule has 2 rings (SSSR count). The first-order chi connectivity index (χ1) is 10.3. The van der Waals surface area contributed by atoms with Crippen molar-refractivity contribution in [1.82, 2.24) is 10.3 Å². The van der Waals surface area contributed by atoms with Crippen molar-refractivity contribution in [2.45, 2.75) is 20.0 Å². The van der Waals surface area contributed by atoms with Crippen LogP contribution in [0.1, 0.15) is 19.4 Å². The third kappa shape index (κ3) is 4.09. The molecule has 0 bridgehead atoms. The van der Waals surface area contributed by atoms with Crippen molar-refractivity contribution in [3.05, 3.63) is 23.8 Å². The van der Waals surface area contributed by atoms with Gasteiger partial charge in [0.25, 0.3) is 0 Å². The van der Waals surface area contributed by atoms with Gasteiger partial charge in [-0.05, 0) is 18.2 Å². The summed E-state index contributed by atoms with van der Waals surface area (Å²) in [6.07, 6.45) is -4.37. The monoisotopic (exact) mass is 331 g/mol. The maximum atomic E-state index is 12.6. The Bertz CT molecular complexity index is 667. The molecule has 120 valence electrons. The van der Waals surface area contributed by atoms with Gasteiger partial charge in [0, 0.05) is 19.0 Å². The van der Waals surface area contributed by atoms with Gasteiger partial charge in [0.15, 0.2) is 5.13 Å². The number of thiazole rings is 1. The molecule has 2 aromatic rings. The standard InChI is InChI=1S/C14H16F3N3OS/c1-8(2)12(21)18-5-6-19-13-20-10-7-9(14(15,16)17)3-4-11(10)22-13/h3-4,7-8H,5-6H2,1-2H3,(H,18,21)(H,19,20). The lowest BCUT2D eigenvalue weighted by atomic mass is 10.2. The van der Waals surface area contributed by atoms with Crippen LogP contribution in [-0.2, 0) is 11.0 Å². The van der Waals surface area contributed by atoms with Crippen LogP contribution in [0.25, 0.3) is 10.2 Å². The molecule has 0 saturated heterocycles. The molecule has 0 atom stereocenters. The SMILES string of the molecule is CC(C)C(=O)NCCNc1nc2cc(C(F)(F)F)ccc2s1.